The normalized spacial score (nSPS) is 13.7. The second-order valence-electron chi connectivity index (χ2n) is 7.42. The quantitative estimate of drug-likeness (QED) is 0.548. The van der Waals surface area contributed by atoms with E-state index in [0.717, 1.165) is 0 Å². The number of rotatable bonds is 3. The van der Waals surface area contributed by atoms with Crippen LogP contribution in [0.1, 0.15) is 31.9 Å². The van der Waals surface area contributed by atoms with Gasteiger partial charge >= 0.3 is 12.4 Å². The van der Waals surface area contributed by atoms with Crippen molar-refractivity contribution in [3.05, 3.63) is 29.3 Å². The van der Waals surface area contributed by atoms with Gasteiger partial charge in [-0.1, -0.05) is 20.8 Å². The Kier molecular flexibility index (Phi) is 6.98. The third-order valence-corrected chi connectivity index (χ3v) is 3.89. The number of nitrogens with zero attached hydrogens (tertiary/aromatic N) is 1. The number of benzene rings is 1. The molecule has 0 saturated heterocycles. The maximum atomic E-state index is 12.9. The fourth-order valence-corrected chi connectivity index (χ4v) is 2.47. The Hall–Kier alpha value is -2.04. The summed E-state index contributed by atoms with van der Waals surface area (Å²) in [4.78, 5) is 13.6. The van der Waals surface area contributed by atoms with Gasteiger partial charge < -0.3 is 15.5 Å². The molecular formula is C17H21F6N3OS. The fraction of sp³-hybridized carbons (Fsp3) is 0.529. The number of halogens is 6. The van der Waals surface area contributed by atoms with Crippen LogP contribution in [0.3, 0.4) is 0 Å². The Labute approximate surface area is 164 Å². The van der Waals surface area contributed by atoms with E-state index in [0.29, 0.717) is 12.1 Å². The van der Waals surface area contributed by atoms with Crippen molar-refractivity contribution in [3.8, 4) is 0 Å². The second kappa shape index (κ2) is 8.14. The highest BCUT2D eigenvalue weighted by Crippen LogP contribution is 2.37. The Morgan fingerprint density at radius 1 is 0.964 bits per heavy atom. The molecule has 1 rings (SSSR count). The summed E-state index contributed by atoms with van der Waals surface area (Å²) < 4.78 is 77.6. The molecule has 0 aromatic heterocycles. The first kappa shape index (κ1) is 24.0. The SMILES string of the molecule is CN(C)C(=O)C(NC(=S)Nc1cc(C(F)(F)F)cc(C(F)(F)F)c1)C(C)(C)C. The van der Waals surface area contributed by atoms with Crippen LogP contribution < -0.4 is 10.6 Å². The third-order valence-electron chi connectivity index (χ3n) is 3.67. The predicted molar refractivity (Wildman–Crippen MR) is 97.7 cm³/mol. The minimum Gasteiger partial charge on any atom is -0.350 e. The van der Waals surface area contributed by atoms with Crippen LogP contribution in [0, 0.1) is 5.41 Å². The molecule has 0 bridgehead atoms. The highest BCUT2D eigenvalue weighted by Gasteiger charge is 2.37. The molecule has 0 aliphatic carbocycles. The van der Waals surface area contributed by atoms with Crippen molar-refractivity contribution in [2.75, 3.05) is 19.4 Å². The highest BCUT2D eigenvalue weighted by molar-refractivity contribution is 7.80. The maximum absolute atomic E-state index is 12.9. The third kappa shape index (κ3) is 6.54. The van der Waals surface area contributed by atoms with Crippen LogP contribution in [-0.4, -0.2) is 36.1 Å². The van der Waals surface area contributed by atoms with Crippen LogP contribution in [0.4, 0.5) is 32.0 Å². The molecule has 11 heteroatoms. The largest absolute Gasteiger partial charge is 0.416 e. The van der Waals surface area contributed by atoms with Gasteiger partial charge in [0.2, 0.25) is 5.91 Å². The molecule has 1 aromatic rings. The molecule has 0 fully saturated rings. The van der Waals surface area contributed by atoms with Crippen molar-refractivity contribution >= 4 is 28.9 Å². The molecule has 158 valence electrons. The summed E-state index contributed by atoms with van der Waals surface area (Å²) in [6.45, 7) is 5.21. The van der Waals surface area contributed by atoms with E-state index in [1.807, 2.05) is 0 Å². The number of amides is 1. The second-order valence-corrected chi connectivity index (χ2v) is 7.83. The lowest BCUT2D eigenvalue weighted by molar-refractivity contribution is -0.143. The first-order valence-corrected chi connectivity index (χ1v) is 8.42. The zero-order chi connectivity index (χ0) is 22.1. The van der Waals surface area contributed by atoms with Gasteiger partial charge in [-0.3, -0.25) is 4.79 Å². The summed E-state index contributed by atoms with van der Waals surface area (Å²) in [5.74, 6) is -0.350. The number of alkyl halides is 6. The lowest BCUT2D eigenvalue weighted by Crippen LogP contribution is -2.54. The summed E-state index contributed by atoms with van der Waals surface area (Å²) >= 11 is 5.00. The number of nitrogens with one attached hydrogen (secondary N) is 2. The fourth-order valence-electron chi connectivity index (χ4n) is 2.23. The summed E-state index contributed by atoms with van der Waals surface area (Å²) in [7, 11) is 3.03. The van der Waals surface area contributed by atoms with Crippen molar-refractivity contribution in [1.29, 1.82) is 0 Å². The molecule has 0 heterocycles. The molecule has 4 nitrogen and oxygen atoms in total. The monoisotopic (exact) mass is 429 g/mol. The molecule has 0 spiro atoms. The number of likely N-dealkylation sites (N-methyl/N-ethyl adjacent to an activating group) is 1. The predicted octanol–water partition coefficient (Wildman–Crippen LogP) is 4.51. The summed E-state index contributed by atoms with van der Waals surface area (Å²) in [6, 6.07) is 0.205. The topological polar surface area (TPSA) is 44.4 Å². The van der Waals surface area contributed by atoms with E-state index in [1.165, 1.54) is 19.0 Å². The van der Waals surface area contributed by atoms with Crippen LogP contribution in [0.25, 0.3) is 0 Å². The van der Waals surface area contributed by atoms with Crippen LogP contribution in [0.5, 0.6) is 0 Å². The van der Waals surface area contributed by atoms with Gasteiger partial charge in [-0.15, -0.1) is 0 Å². The van der Waals surface area contributed by atoms with Gasteiger partial charge in [-0.2, -0.15) is 26.3 Å². The van der Waals surface area contributed by atoms with Crippen molar-refractivity contribution < 1.29 is 31.1 Å². The molecule has 1 amide bonds. The lowest BCUT2D eigenvalue weighted by Gasteiger charge is -2.33. The molecule has 0 aliphatic heterocycles. The number of carbonyl (C=O) groups is 1. The van der Waals surface area contributed by atoms with Crippen LogP contribution in [-0.2, 0) is 17.1 Å². The molecule has 1 aromatic carbocycles. The van der Waals surface area contributed by atoms with Gasteiger partial charge in [-0.05, 0) is 35.8 Å². The zero-order valence-corrected chi connectivity index (χ0v) is 16.7. The molecule has 2 N–H and O–H groups in total. The van der Waals surface area contributed by atoms with Crippen molar-refractivity contribution in [3.63, 3.8) is 0 Å². The van der Waals surface area contributed by atoms with Crippen LogP contribution in [0.2, 0.25) is 0 Å². The summed E-state index contributed by atoms with van der Waals surface area (Å²) in [5.41, 5.74) is -4.06. The molecule has 1 unspecified atom stereocenters. The van der Waals surface area contributed by atoms with Gasteiger partial charge in [0.1, 0.15) is 6.04 Å². The van der Waals surface area contributed by atoms with E-state index in [2.05, 4.69) is 10.6 Å². The van der Waals surface area contributed by atoms with Gasteiger partial charge in [0.05, 0.1) is 11.1 Å². The molecule has 28 heavy (non-hydrogen) atoms. The van der Waals surface area contributed by atoms with Crippen molar-refractivity contribution in [1.82, 2.24) is 10.2 Å². The van der Waals surface area contributed by atoms with E-state index in [9.17, 15) is 31.1 Å². The first-order chi connectivity index (χ1) is 12.4. The number of thiocarbonyl (C=S) groups is 1. The molecular weight excluding hydrogens is 408 g/mol. The molecule has 0 saturated carbocycles. The van der Waals surface area contributed by atoms with E-state index >= 15 is 0 Å². The average molecular weight is 429 g/mol. The smallest absolute Gasteiger partial charge is 0.350 e. The lowest BCUT2D eigenvalue weighted by atomic mass is 9.86. The molecule has 1 atom stereocenters. The van der Waals surface area contributed by atoms with Gasteiger partial charge in [0.15, 0.2) is 5.11 Å². The highest BCUT2D eigenvalue weighted by atomic mass is 32.1. The maximum Gasteiger partial charge on any atom is 0.416 e. The minimum absolute atomic E-state index is 0.0230. The number of hydrogen-bond donors (Lipinski definition) is 2. The standard InChI is InChI=1S/C17H21F6N3OS/c1-15(2,3)12(13(27)26(4)5)25-14(28)24-11-7-9(16(18,19)20)6-10(8-11)17(21,22)23/h6-8,12H,1-5H3,(H2,24,25,28). The van der Waals surface area contributed by atoms with Gasteiger partial charge in [-0.25, -0.2) is 0 Å². The summed E-state index contributed by atoms with van der Waals surface area (Å²) in [6.07, 6.45) is -9.94. The minimum atomic E-state index is -4.97. The number of hydrogen-bond acceptors (Lipinski definition) is 2. The van der Waals surface area contributed by atoms with Gasteiger partial charge in [0, 0.05) is 19.8 Å². The van der Waals surface area contributed by atoms with E-state index in [1.54, 1.807) is 20.8 Å². The number of anilines is 1. The zero-order valence-electron chi connectivity index (χ0n) is 15.8. The van der Waals surface area contributed by atoms with E-state index in [4.69, 9.17) is 12.2 Å². The summed E-state index contributed by atoms with van der Waals surface area (Å²) in [5, 5.41) is 4.71. The Bertz CT molecular complexity index is 706. The van der Waals surface area contributed by atoms with Crippen molar-refractivity contribution in [2.45, 2.75) is 39.2 Å². The van der Waals surface area contributed by atoms with E-state index in [-0.39, 0.29) is 17.1 Å². The Morgan fingerprint density at radius 2 is 1.39 bits per heavy atom. The van der Waals surface area contributed by atoms with Gasteiger partial charge in [0.25, 0.3) is 0 Å². The molecule has 0 aliphatic rings. The van der Waals surface area contributed by atoms with Crippen LogP contribution in [0.15, 0.2) is 18.2 Å². The molecule has 0 radical (unpaired) electrons. The van der Waals surface area contributed by atoms with E-state index < -0.39 is 40.6 Å². The Balaban J connectivity index is 3.18. The average Bonchev–Trinajstić information content (AvgIpc) is 2.48. The van der Waals surface area contributed by atoms with Crippen LogP contribution >= 0.6 is 12.2 Å². The first-order valence-electron chi connectivity index (χ1n) is 8.01. The number of carbonyl (C=O) groups excluding carboxylic acids is 1. The van der Waals surface area contributed by atoms with Crippen molar-refractivity contribution in [2.24, 2.45) is 5.41 Å². The Morgan fingerprint density at radius 3 is 1.71 bits per heavy atom.